The van der Waals surface area contributed by atoms with Crippen LogP contribution in [-0.4, -0.2) is 33.0 Å². The Labute approximate surface area is 162 Å². The summed E-state index contributed by atoms with van der Waals surface area (Å²) in [6.07, 6.45) is 9.08. The molecule has 1 aliphatic rings. The largest absolute Gasteiger partial charge is 0.391 e. The molecule has 3 heterocycles. The number of anilines is 1. The molecule has 1 unspecified atom stereocenters. The Kier molecular flexibility index (Phi) is 4.97. The Balaban J connectivity index is 1.72. The van der Waals surface area contributed by atoms with Crippen molar-refractivity contribution in [1.82, 2.24) is 25.3 Å². The number of fused-ring (bicyclic) bond motifs is 1. The molecule has 6 nitrogen and oxygen atoms in total. The number of pyridine rings is 2. The molecule has 0 spiro atoms. The SMILES string of the molecule is C=CC1=C(NC)CCC(Nc2nc(-c3cncc(F)c3)nc3cccnc23)C1. The second-order valence-electron chi connectivity index (χ2n) is 6.70. The van der Waals surface area contributed by atoms with Crippen molar-refractivity contribution in [3.63, 3.8) is 0 Å². The molecule has 4 rings (SSSR count). The van der Waals surface area contributed by atoms with Gasteiger partial charge < -0.3 is 10.6 Å². The lowest BCUT2D eigenvalue weighted by atomic mass is 9.92. The van der Waals surface area contributed by atoms with Crippen LogP contribution in [0.4, 0.5) is 10.2 Å². The number of nitrogens with one attached hydrogen (secondary N) is 2. The topological polar surface area (TPSA) is 75.6 Å². The number of hydrogen-bond acceptors (Lipinski definition) is 6. The van der Waals surface area contributed by atoms with E-state index in [0.717, 1.165) is 25.5 Å². The fourth-order valence-electron chi connectivity index (χ4n) is 3.51. The van der Waals surface area contributed by atoms with Crippen LogP contribution in [0.2, 0.25) is 0 Å². The van der Waals surface area contributed by atoms with E-state index in [1.165, 1.54) is 17.3 Å². The number of aromatic nitrogens is 4. The fourth-order valence-corrected chi connectivity index (χ4v) is 3.51. The molecule has 0 saturated carbocycles. The molecular weight excluding hydrogens is 355 g/mol. The highest BCUT2D eigenvalue weighted by Crippen LogP contribution is 2.29. The van der Waals surface area contributed by atoms with Gasteiger partial charge in [-0.15, -0.1) is 0 Å². The summed E-state index contributed by atoms with van der Waals surface area (Å²) in [6, 6.07) is 5.28. The highest BCUT2D eigenvalue weighted by molar-refractivity contribution is 5.86. The molecule has 2 N–H and O–H groups in total. The first-order chi connectivity index (χ1) is 13.7. The summed E-state index contributed by atoms with van der Waals surface area (Å²) in [5, 5.41) is 6.78. The fraction of sp³-hybridized carbons (Fsp3) is 0.238. The number of nitrogens with zero attached hydrogens (tertiary/aromatic N) is 4. The maximum atomic E-state index is 13.6. The minimum absolute atomic E-state index is 0.198. The van der Waals surface area contributed by atoms with Gasteiger partial charge in [0.1, 0.15) is 11.3 Å². The molecule has 0 saturated heterocycles. The lowest BCUT2D eigenvalue weighted by Gasteiger charge is -2.27. The molecule has 0 amide bonds. The first kappa shape index (κ1) is 18.0. The average molecular weight is 376 g/mol. The lowest BCUT2D eigenvalue weighted by Crippen LogP contribution is -2.27. The number of allylic oxidation sites excluding steroid dienone is 2. The van der Waals surface area contributed by atoms with Gasteiger partial charge in [0, 0.05) is 36.7 Å². The van der Waals surface area contributed by atoms with E-state index in [1.807, 2.05) is 25.3 Å². The zero-order valence-corrected chi connectivity index (χ0v) is 15.6. The monoisotopic (exact) mass is 376 g/mol. The summed E-state index contributed by atoms with van der Waals surface area (Å²) in [6.45, 7) is 3.93. The van der Waals surface area contributed by atoms with Gasteiger partial charge in [-0.1, -0.05) is 12.7 Å². The van der Waals surface area contributed by atoms with Crippen LogP contribution in [0, 0.1) is 5.82 Å². The smallest absolute Gasteiger partial charge is 0.163 e. The zero-order chi connectivity index (χ0) is 19.5. The highest BCUT2D eigenvalue weighted by Gasteiger charge is 2.21. The molecular formula is C21H21FN6. The van der Waals surface area contributed by atoms with Crippen LogP contribution in [0.15, 0.2) is 60.7 Å². The maximum absolute atomic E-state index is 13.6. The van der Waals surface area contributed by atoms with E-state index < -0.39 is 5.82 Å². The average Bonchev–Trinajstić information content (AvgIpc) is 2.73. The molecule has 0 radical (unpaired) electrons. The van der Waals surface area contributed by atoms with Gasteiger partial charge in [-0.2, -0.15) is 0 Å². The van der Waals surface area contributed by atoms with Crippen molar-refractivity contribution in [2.24, 2.45) is 0 Å². The Bertz CT molecular complexity index is 1060. The molecule has 3 aromatic heterocycles. The molecule has 0 bridgehead atoms. The van der Waals surface area contributed by atoms with Gasteiger partial charge in [0.15, 0.2) is 11.6 Å². The van der Waals surface area contributed by atoms with Gasteiger partial charge >= 0.3 is 0 Å². The van der Waals surface area contributed by atoms with Crippen LogP contribution in [0.1, 0.15) is 19.3 Å². The third-order valence-electron chi connectivity index (χ3n) is 4.90. The van der Waals surface area contributed by atoms with Crippen molar-refractivity contribution in [1.29, 1.82) is 0 Å². The normalized spacial score (nSPS) is 16.9. The molecule has 0 aromatic carbocycles. The Morgan fingerprint density at radius 3 is 2.96 bits per heavy atom. The highest BCUT2D eigenvalue weighted by atomic mass is 19.1. The molecule has 0 fully saturated rings. The molecule has 7 heteroatoms. The second kappa shape index (κ2) is 7.72. The molecule has 0 aliphatic heterocycles. The maximum Gasteiger partial charge on any atom is 0.163 e. The lowest BCUT2D eigenvalue weighted by molar-refractivity contribution is 0.587. The van der Waals surface area contributed by atoms with Crippen LogP contribution >= 0.6 is 0 Å². The third-order valence-corrected chi connectivity index (χ3v) is 4.90. The Morgan fingerprint density at radius 1 is 1.29 bits per heavy atom. The van der Waals surface area contributed by atoms with Crippen molar-refractivity contribution in [2.75, 3.05) is 12.4 Å². The van der Waals surface area contributed by atoms with E-state index in [-0.39, 0.29) is 6.04 Å². The number of hydrogen-bond donors (Lipinski definition) is 2. The standard InChI is InChI=1S/C21H21FN6/c1-3-13-10-16(6-7-17(13)23-2)26-21-19-18(5-4-8-25-19)27-20(28-21)14-9-15(22)12-24-11-14/h3-5,8-9,11-12,16,23H,1,6-7,10H2,2H3,(H,26,27,28). The molecule has 3 aromatic rings. The van der Waals surface area contributed by atoms with Crippen molar-refractivity contribution in [3.8, 4) is 11.4 Å². The minimum Gasteiger partial charge on any atom is -0.391 e. The van der Waals surface area contributed by atoms with E-state index in [9.17, 15) is 4.39 Å². The zero-order valence-electron chi connectivity index (χ0n) is 15.6. The van der Waals surface area contributed by atoms with Crippen LogP contribution < -0.4 is 10.6 Å². The summed E-state index contributed by atoms with van der Waals surface area (Å²) in [4.78, 5) is 17.5. The minimum atomic E-state index is -0.422. The van der Waals surface area contributed by atoms with Crippen molar-refractivity contribution in [3.05, 3.63) is 66.5 Å². The van der Waals surface area contributed by atoms with E-state index in [2.05, 4.69) is 37.1 Å². The predicted octanol–water partition coefficient (Wildman–Crippen LogP) is 3.85. The molecule has 1 aliphatic carbocycles. The van der Waals surface area contributed by atoms with E-state index in [0.29, 0.717) is 28.2 Å². The Hall–Kier alpha value is -3.35. The molecule has 1 atom stereocenters. The van der Waals surface area contributed by atoms with E-state index >= 15 is 0 Å². The second-order valence-corrected chi connectivity index (χ2v) is 6.70. The van der Waals surface area contributed by atoms with Crippen LogP contribution in [-0.2, 0) is 0 Å². The third kappa shape index (κ3) is 3.55. The van der Waals surface area contributed by atoms with Crippen molar-refractivity contribution >= 4 is 16.9 Å². The summed E-state index contributed by atoms with van der Waals surface area (Å²) in [5.41, 5.74) is 4.35. The van der Waals surface area contributed by atoms with Crippen molar-refractivity contribution < 1.29 is 4.39 Å². The Morgan fingerprint density at radius 2 is 2.18 bits per heavy atom. The summed E-state index contributed by atoms with van der Waals surface area (Å²) < 4.78 is 13.6. The first-order valence-corrected chi connectivity index (χ1v) is 9.20. The molecule has 28 heavy (non-hydrogen) atoms. The number of halogens is 1. The first-order valence-electron chi connectivity index (χ1n) is 9.20. The van der Waals surface area contributed by atoms with Crippen LogP contribution in [0.3, 0.4) is 0 Å². The summed E-state index contributed by atoms with van der Waals surface area (Å²) in [7, 11) is 1.94. The van der Waals surface area contributed by atoms with E-state index in [4.69, 9.17) is 0 Å². The van der Waals surface area contributed by atoms with Gasteiger partial charge in [-0.3, -0.25) is 9.97 Å². The molecule has 142 valence electrons. The van der Waals surface area contributed by atoms with Gasteiger partial charge in [0.2, 0.25) is 0 Å². The van der Waals surface area contributed by atoms with Gasteiger partial charge in [0.05, 0.1) is 11.7 Å². The van der Waals surface area contributed by atoms with E-state index in [1.54, 1.807) is 12.4 Å². The summed E-state index contributed by atoms with van der Waals surface area (Å²) in [5.74, 6) is 0.641. The quantitative estimate of drug-likeness (QED) is 0.704. The van der Waals surface area contributed by atoms with Gasteiger partial charge in [-0.05, 0) is 43.0 Å². The van der Waals surface area contributed by atoms with Crippen LogP contribution in [0.25, 0.3) is 22.4 Å². The predicted molar refractivity (Wildman–Crippen MR) is 108 cm³/mol. The van der Waals surface area contributed by atoms with Gasteiger partial charge in [0.25, 0.3) is 0 Å². The summed E-state index contributed by atoms with van der Waals surface area (Å²) >= 11 is 0. The van der Waals surface area contributed by atoms with Gasteiger partial charge in [-0.25, -0.2) is 14.4 Å². The van der Waals surface area contributed by atoms with Crippen LogP contribution in [0.5, 0.6) is 0 Å². The van der Waals surface area contributed by atoms with Crippen molar-refractivity contribution in [2.45, 2.75) is 25.3 Å². The number of rotatable bonds is 5.